The fourth-order valence-electron chi connectivity index (χ4n) is 3.79. The van der Waals surface area contributed by atoms with Crippen molar-refractivity contribution in [3.8, 4) is 0 Å². The van der Waals surface area contributed by atoms with Gasteiger partial charge in [0.15, 0.2) is 0 Å². The second-order valence-corrected chi connectivity index (χ2v) is 9.36. The van der Waals surface area contributed by atoms with Crippen molar-refractivity contribution in [2.45, 2.75) is 91.1 Å². The third-order valence-electron chi connectivity index (χ3n) is 5.48. The van der Waals surface area contributed by atoms with Crippen LogP contribution in [0.15, 0.2) is 12.7 Å². The maximum Gasteiger partial charge on any atom is 0.469 e. The van der Waals surface area contributed by atoms with Gasteiger partial charge in [-0.3, -0.25) is 4.52 Å². The van der Waals surface area contributed by atoms with Crippen LogP contribution in [-0.4, -0.2) is 59.1 Å². The second-order valence-electron chi connectivity index (χ2n) is 8.17. The Kier molecular flexibility index (Phi) is 16.5. The van der Waals surface area contributed by atoms with Crippen LogP contribution in [0.4, 0.5) is 0 Å². The largest absolute Gasteiger partial charge is 0.469 e. The van der Waals surface area contributed by atoms with E-state index in [0.29, 0.717) is 19.3 Å². The van der Waals surface area contributed by atoms with Crippen LogP contribution in [0.5, 0.6) is 0 Å². The lowest BCUT2D eigenvalue weighted by Crippen LogP contribution is -2.51. The van der Waals surface area contributed by atoms with Gasteiger partial charge >= 0.3 is 13.8 Å². The highest BCUT2D eigenvalue weighted by molar-refractivity contribution is 7.46. The zero-order chi connectivity index (χ0) is 22.9. The lowest BCUT2D eigenvalue weighted by atomic mass is 10.1. The molecule has 0 saturated carbocycles. The minimum absolute atomic E-state index is 0.190. The van der Waals surface area contributed by atoms with Gasteiger partial charge in [-0.05, 0) is 44.9 Å². The summed E-state index contributed by atoms with van der Waals surface area (Å²) in [7, 11) is -4.56. The SMILES string of the molecule is C=CC(=O)OCCCC(CCC[N+](CCCC)(CCCC)CCCC)OP(=O)(O)O. The summed E-state index contributed by atoms with van der Waals surface area (Å²) >= 11 is 0. The number of rotatable bonds is 20. The number of hydrogen-bond acceptors (Lipinski definition) is 4. The van der Waals surface area contributed by atoms with Gasteiger partial charge in [-0.1, -0.05) is 46.6 Å². The van der Waals surface area contributed by atoms with Gasteiger partial charge in [-0.25, -0.2) is 9.36 Å². The van der Waals surface area contributed by atoms with E-state index in [-0.39, 0.29) is 6.61 Å². The Morgan fingerprint density at radius 1 is 0.933 bits per heavy atom. The zero-order valence-electron chi connectivity index (χ0n) is 19.4. The van der Waals surface area contributed by atoms with Gasteiger partial charge in [-0.15, -0.1) is 0 Å². The van der Waals surface area contributed by atoms with Crippen molar-refractivity contribution >= 4 is 13.8 Å². The summed E-state index contributed by atoms with van der Waals surface area (Å²) in [6.07, 6.45) is 10.0. The van der Waals surface area contributed by atoms with E-state index in [1.165, 1.54) is 38.5 Å². The Bertz CT molecular complexity index is 486. The molecule has 1 atom stereocenters. The summed E-state index contributed by atoms with van der Waals surface area (Å²) in [5, 5.41) is 0. The number of esters is 1. The van der Waals surface area contributed by atoms with Crippen molar-refractivity contribution in [1.82, 2.24) is 0 Å². The summed E-state index contributed by atoms with van der Waals surface area (Å²) in [4.78, 5) is 29.7. The third-order valence-corrected chi connectivity index (χ3v) is 6.06. The zero-order valence-corrected chi connectivity index (χ0v) is 20.3. The first-order valence-electron chi connectivity index (χ1n) is 11.6. The highest BCUT2D eigenvalue weighted by atomic mass is 31.2. The molecule has 0 radical (unpaired) electrons. The number of carbonyl (C=O) groups is 1. The first kappa shape index (κ1) is 29.3. The van der Waals surface area contributed by atoms with Crippen LogP contribution in [-0.2, 0) is 18.6 Å². The summed E-state index contributed by atoms with van der Waals surface area (Å²) in [5.41, 5.74) is 0. The molecule has 8 heteroatoms. The number of phosphoric ester groups is 1. The summed E-state index contributed by atoms with van der Waals surface area (Å²) in [6.45, 7) is 14.7. The molecule has 0 aliphatic rings. The van der Waals surface area contributed by atoms with Crippen LogP contribution in [0, 0.1) is 0 Å². The molecule has 0 spiro atoms. The Morgan fingerprint density at radius 3 is 1.83 bits per heavy atom. The van der Waals surface area contributed by atoms with Crippen molar-refractivity contribution < 1.29 is 32.9 Å². The van der Waals surface area contributed by atoms with Crippen LogP contribution in [0.2, 0.25) is 0 Å². The molecule has 0 aromatic carbocycles. The van der Waals surface area contributed by atoms with E-state index in [2.05, 4.69) is 27.4 Å². The fraction of sp³-hybridized carbons (Fsp3) is 0.864. The molecule has 0 amide bonds. The molecule has 0 aromatic rings. The van der Waals surface area contributed by atoms with Gasteiger partial charge in [-0.2, -0.15) is 0 Å². The minimum Gasteiger partial charge on any atom is -0.463 e. The molecule has 0 aromatic heterocycles. The van der Waals surface area contributed by atoms with Gasteiger partial charge in [0.25, 0.3) is 0 Å². The molecule has 178 valence electrons. The number of unbranched alkanes of at least 4 members (excludes halogenated alkanes) is 3. The number of ether oxygens (including phenoxy) is 1. The van der Waals surface area contributed by atoms with Crippen LogP contribution in [0.1, 0.15) is 85.0 Å². The highest BCUT2D eigenvalue weighted by Gasteiger charge is 2.27. The molecule has 0 rings (SSSR count). The standard InChI is InChI=1S/C22H44NO6P/c1-5-9-16-23(17-10-6-2,18-11-7-3)19-12-14-21(29-30(25,26)27)15-13-20-28-22(24)8-4/h8,21H,4-7,9-20H2,1-3H3,(H-,25,26,27)/p+1. The minimum atomic E-state index is -4.56. The maximum atomic E-state index is 11.4. The average Bonchev–Trinajstić information content (AvgIpc) is 2.70. The number of quaternary nitrogens is 1. The average molecular weight is 451 g/mol. The quantitative estimate of drug-likeness (QED) is 0.0894. The smallest absolute Gasteiger partial charge is 0.463 e. The molecule has 30 heavy (non-hydrogen) atoms. The molecule has 0 aliphatic heterocycles. The third kappa shape index (κ3) is 15.1. The summed E-state index contributed by atoms with van der Waals surface area (Å²) < 4.78 is 22.5. The molecular formula is C22H45NO6P+. The Labute approximate surface area is 183 Å². The lowest BCUT2D eigenvalue weighted by Gasteiger charge is -2.39. The van der Waals surface area contributed by atoms with Crippen LogP contribution in [0.3, 0.4) is 0 Å². The summed E-state index contributed by atoms with van der Waals surface area (Å²) in [5.74, 6) is -0.493. The van der Waals surface area contributed by atoms with Crippen molar-refractivity contribution in [2.24, 2.45) is 0 Å². The Hall–Kier alpha value is -0.720. The predicted molar refractivity (Wildman–Crippen MR) is 121 cm³/mol. The van der Waals surface area contributed by atoms with Crippen LogP contribution >= 0.6 is 7.82 Å². The molecule has 0 saturated heterocycles. The molecule has 7 nitrogen and oxygen atoms in total. The monoisotopic (exact) mass is 450 g/mol. The Balaban J connectivity index is 4.89. The van der Waals surface area contributed by atoms with Crippen LogP contribution in [0.25, 0.3) is 0 Å². The van der Waals surface area contributed by atoms with E-state index >= 15 is 0 Å². The molecular weight excluding hydrogens is 405 g/mol. The second kappa shape index (κ2) is 16.9. The molecule has 1 unspecified atom stereocenters. The highest BCUT2D eigenvalue weighted by Crippen LogP contribution is 2.39. The first-order chi connectivity index (χ1) is 14.2. The normalized spacial score (nSPS) is 13.2. The van der Waals surface area contributed by atoms with Gasteiger partial charge in [0.1, 0.15) is 0 Å². The van der Waals surface area contributed by atoms with Gasteiger partial charge in [0.2, 0.25) is 0 Å². The summed E-state index contributed by atoms with van der Waals surface area (Å²) in [6, 6.07) is 0. The Morgan fingerprint density at radius 2 is 1.40 bits per heavy atom. The van der Waals surface area contributed by atoms with Crippen LogP contribution < -0.4 is 0 Å². The van der Waals surface area contributed by atoms with Crippen molar-refractivity contribution in [3.05, 3.63) is 12.7 Å². The molecule has 0 fully saturated rings. The topological polar surface area (TPSA) is 93.1 Å². The van der Waals surface area contributed by atoms with Crippen molar-refractivity contribution in [2.75, 3.05) is 32.8 Å². The van der Waals surface area contributed by atoms with E-state index in [1.54, 1.807) is 0 Å². The molecule has 2 N–H and O–H groups in total. The van der Waals surface area contributed by atoms with E-state index in [0.717, 1.165) is 43.2 Å². The lowest BCUT2D eigenvalue weighted by molar-refractivity contribution is -0.929. The van der Waals surface area contributed by atoms with Crippen molar-refractivity contribution in [3.63, 3.8) is 0 Å². The maximum absolute atomic E-state index is 11.4. The molecule has 0 heterocycles. The molecule has 0 aliphatic carbocycles. The number of hydrogen-bond donors (Lipinski definition) is 2. The van der Waals surface area contributed by atoms with E-state index in [1.807, 2.05) is 0 Å². The molecule has 0 bridgehead atoms. The van der Waals surface area contributed by atoms with Crippen molar-refractivity contribution in [1.29, 1.82) is 0 Å². The van der Waals surface area contributed by atoms with E-state index in [4.69, 9.17) is 9.26 Å². The van der Waals surface area contributed by atoms with E-state index in [9.17, 15) is 19.1 Å². The first-order valence-corrected chi connectivity index (χ1v) is 13.1. The number of phosphoric acid groups is 1. The van der Waals surface area contributed by atoms with Gasteiger partial charge < -0.3 is 19.0 Å². The van der Waals surface area contributed by atoms with Gasteiger partial charge in [0.05, 0.1) is 38.9 Å². The predicted octanol–water partition coefficient (Wildman–Crippen LogP) is 4.97. The number of nitrogens with zero attached hydrogens (tertiary/aromatic N) is 1. The van der Waals surface area contributed by atoms with E-state index < -0.39 is 19.9 Å². The van der Waals surface area contributed by atoms with Gasteiger partial charge in [0, 0.05) is 6.08 Å². The number of carbonyl (C=O) groups excluding carboxylic acids is 1. The fourth-order valence-corrected chi connectivity index (χ4v) is 4.39.